The minimum absolute atomic E-state index is 0.132. The van der Waals surface area contributed by atoms with Gasteiger partial charge in [-0.1, -0.05) is 23.8 Å². The Morgan fingerprint density at radius 3 is 2.29 bits per heavy atom. The average molecular weight is 583 g/mol. The van der Waals surface area contributed by atoms with Crippen LogP contribution in [-0.2, 0) is 24.3 Å². The largest absolute Gasteiger partial charge is 0.467 e. The smallest absolute Gasteiger partial charge is 0.410 e. The second-order valence-electron chi connectivity index (χ2n) is 11.2. The van der Waals surface area contributed by atoms with Crippen LogP contribution in [0.25, 0.3) is 11.0 Å². The Bertz CT molecular complexity index is 1550. The van der Waals surface area contributed by atoms with E-state index in [-0.39, 0.29) is 17.0 Å². The van der Waals surface area contributed by atoms with Crippen molar-refractivity contribution < 1.29 is 27.5 Å². The van der Waals surface area contributed by atoms with E-state index in [1.54, 1.807) is 54.3 Å². The molecule has 1 amide bonds. The summed E-state index contributed by atoms with van der Waals surface area (Å²) in [6, 6.07) is 11.0. The van der Waals surface area contributed by atoms with E-state index in [9.17, 15) is 18.0 Å². The number of esters is 1. The first kappa shape index (κ1) is 30.1. The molecule has 41 heavy (non-hydrogen) atoms. The Balaban J connectivity index is 1.70. The van der Waals surface area contributed by atoms with Crippen molar-refractivity contribution in [1.82, 2.24) is 13.9 Å². The molecule has 1 fully saturated rings. The monoisotopic (exact) mass is 582 g/mol. The molecule has 220 valence electrons. The lowest BCUT2D eigenvalue weighted by Gasteiger charge is -2.42. The molecule has 2 heterocycles. The number of hydrogen-bond acceptors (Lipinski definition) is 8. The van der Waals surface area contributed by atoms with Gasteiger partial charge in [-0.15, -0.1) is 6.58 Å². The van der Waals surface area contributed by atoms with Crippen LogP contribution in [-0.4, -0.2) is 72.2 Å². The third-order valence-corrected chi connectivity index (χ3v) is 8.90. The van der Waals surface area contributed by atoms with Gasteiger partial charge in [0.1, 0.15) is 17.5 Å². The Labute approximate surface area is 241 Å². The van der Waals surface area contributed by atoms with E-state index < -0.39 is 27.6 Å². The van der Waals surface area contributed by atoms with Crippen molar-refractivity contribution in [3.63, 3.8) is 0 Å². The molecule has 11 heteroatoms. The fraction of sp³-hybridized carbons (Fsp3) is 0.433. The fourth-order valence-electron chi connectivity index (χ4n) is 5.14. The molecule has 0 saturated carbocycles. The first-order chi connectivity index (χ1) is 19.3. The zero-order valence-corrected chi connectivity index (χ0v) is 25.3. The summed E-state index contributed by atoms with van der Waals surface area (Å²) in [5, 5.41) is 0. The standard InChI is InChI=1S/C30H38N4O6S/c1-8-26(28(35)39-7)33(22-15-17-32(18-16-22)29(36)40-30(4,5)6)23-11-14-27-25(19-23)31-21(3)34(27)41(37,38)24-12-9-20(2)10-13-24/h8-14,19,22,26H,1,15-18H2,2-7H3. The number of benzene rings is 2. The highest BCUT2D eigenvalue weighted by Crippen LogP contribution is 2.32. The molecular weight excluding hydrogens is 544 g/mol. The minimum atomic E-state index is -3.89. The lowest BCUT2D eigenvalue weighted by Crippen LogP contribution is -2.53. The molecular formula is C30H38N4O6S. The maximum absolute atomic E-state index is 13.6. The van der Waals surface area contributed by atoms with Crippen LogP contribution in [0.15, 0.2) is 60.0 Å². The van der Waals surface area contributed by atoms with Gasteiger partial charge in [-0.05, 0) is 77.8 Å². The molecule has 4 rings (SSSR count). The molecule has 0 spiro atoms. The Morgan fingerprint density at radius 1 is 1.10 bits per heavy atom. The molecule has 1 atom stereocenters. The van der Waals surface area contributed by atoms with Crippen molar-refractivity contribution in [2.24, 2.45) is 0 Å². The number of piperidine rings is 1. The summed E-state index contributed by atoms with van der Waals surface area (Å²) in [6.45, 7) is 13.8. The number of amides is 1. The molecule has 10 nitrogen and oxygen atoms in total. The minimum Gasteiger partial charge on any atom is -0.467 e. The van der Waals surface area contributed by atoms with Crippen molar-refractivity contribution in [1.29, 1.82) is 0 Å². The van der Waals surface area contributed by atoms with Crippen molar-refractivity contribution in [2.75, 3.05) is 25.1 Å². The van der Waals surface area contributed by atoms with Gasteiger partial charge in [0.05, 0.1) is 23.0 Å². The second kappa shape index (κ2) is 11.6. The number of hydrogen-bond donors (Lipinski definition) is 0. The van der Waals surface area contributed by atoms with Crippen LogP contribution in [0.3, 0.4) is 0 Å². The number of methoxy groups -OCH3 is 1. The summed E-state index contributed by atoms with van der Waals surface area (Å²) >= 11 is 0. The topological polar surface area (TPSA) is 111 Å². The van der Waals surface area contributed by atoms with E-state index in [1.165, 1.54) is 17.2 Å². The highest BCUT2D eigenvalue weighted by atomic mass is 32.2. The van der Waals surface area contributed by atoms with E-state index >= 15 is 0 Å². The molecule has 1 saturated heterocycles. The van der Waals surface area contributed by atoms with Crippen molar-refractivity contribution in [2.45, 2.75) is 70.0 Å². The Morgan fingerprint density at radius 2 is 1.73 bits per heavy atom. The SMILES string of the molecule is C=CC(C(=O)OC)N(c1ccc2c(c1)nc(C)n2S(=O)(=O)c1ccc(C)cc1)C1CCN(C(=O)OC(C)(C)C)CC1. The molecule has 0 aliphatic carbocycles. The van der Waals surface area contributed by atoms with Crippen molar-refractivity contribution >= 4 is 38.8 Å². The molecule has 0 N–H and O–H groups in total. The first-order valence-corrected chi connectivity index (χ1v) is 15.0. The fourth-order valence-corrected chi connectivity index (χ4v) is 6.64. The molecule has 0 radical (unpaired) electrons. The van der Waals surface area contributed by atoms with Gasteiger partial charge in [-0.25, -0.2) is 27.0 Å². The summed E-state index contributed by atoms with van der Waals surface area (Å²) in [5.41, 5.74) is 1.93. The van der Waals surface area contributed by atoms with E-state index in [0.717, 1.165) is 5.56 Å². The zero-order chi connectivity index (χ0) is 30.1. The maximum Gasteiger partial charge on any atom is 0.410 e. The molecule has 3 aromatic rings. The van der Waals surface area contributed by atoms with Crippen LogP contribution in [0.1, 0.15) is 45.0 Å². The lowest BCUT2D eigenvalue weighted by atomic mass is 9.99. The highest BCUT2D eigenvalue weighted by Gasteiger charge is 2.35. The number of carbonyl (C=O) groups is 2. The Kier molecular flexibility index (Phi) is 8.49. The number of fused-ring (bicyclic) bond motifs is 1. The predicted octanol–water partition coefficient (Wildman–Crippen LogP) is 4.82. The van der Waals surface area contributed by atoms with E-state index in [1.807, 2.05) is 32.6 Å². The second-order valence-corrected chi connectivity index (χ2v) is 13.0. The number of rotatable bonds is 7. The van der Waals surface area contributed by atoms with Crippen molar-refractivity contribution in [3.05, 3.63) is 66.5 Å². The average Bonchev–Trinajstić information content (AvgIpc) is 3.26. The first-order valence-electron chi connectivity index (χ1n) is 13.5. The summed E-state index contributed by atoms with van der Waals surface area (Å²) in [4.78, 5) is 33.8. The normalized spacial score (nSPS) is 15.4. The molecule has 0 bridgehead atoms. The van der Waals surface area contributed by atoms with Gasteiger partial charge < -0.3 is 19.3 Å². The van der Waals surface area contributed by atoms with Crippen LogP contribution in [0.4, 0.5) is 10.5 Å². The number of anilines is 1. The third kappa shape index (κ3) is 6.24. The van der Waals surface area contributed by atoms with Crippen LogP contribution in [0, 0.1) is 13.8 Å². The predicted molar refractivity (Wildman–Crippen MR) is 158 cm³/mol. The van der Waals surface area contributed by atoms with Crippen LogP contribution in [0.2, 0.25) is 0 Å². The van der Waals surface area contributed by atoms with Crippen molar-refractivity contribution in [3.8, 4) is 0 Å². The molecule has 1 aromatic heterocycles. The number of aryl methyl sites for hydroxylation is 2. The van der Waals surface area contributed by atoms with Crippen LogP contribution in [0.5, 0.6) is 0 Å². The number of carbonyl (C=O) groups excluding carboxylic acids is 2. The number of likely N-dealkylation sites (tertiary alicyclic amines) is 1. The summed E-state index contributed by atoms with van der Waals surface area (Å²) in [6.07, 6.45) is 2.32. The summed E-state index contributed by atoms with van der Waals surface area (Å²) < 4.78 is 39.0. The van der Waals surface area contributed by atoms with E-state index in [0.29, 0.717) is 48.5 Å². The molecule has 2 aromatic carbocycles. The quantitative estimate of drug-likeness (QED) is 0.288. The van der Waals surface area contributed by atoms with Gasteiger partial charge in [0, 0.05) is 24.8 Å². The number of nitrogens with zero attached hydrogens (tertiary/aromatic N) is 4. The van der Waals surface area contributed by atoms with Gasteiger partial charge in [0.2, 0.25) is 0 Å². The number of aromatic nitrogens is 2. The number of ether oxygens (including phenoxy) is 2. The molecule has 1 aliphatic heterocycles. The van der Waals surface area contributed by atoms with Crippen LogP contribution < -0.4 is 4.90 Å². The Hall–Kier alpha value is -3.86. The molecule has 1 unspecified atom stereocenters. The lowest BCUT2D eigenvalue weighted by molar-refractivity contribution is -0.141. The van der Waals surface area contributed by atoms with Gasteiger partial charge in [0.15, 0.2) is 0 Å². The summed E-state index contributed by atoms with van der Waals surface area (Å²) in [7, 11) is -2.56. The van der Waals surface area contributed by atoms with Gasteiger partial charge in [0.25, 0.3) is 10.0 Å². The summed E-state index contributed by atoms with van der Waals surface area (Å²) in [5.74, 6) is -0.151. The van der Waals surface area contributed by atoms with Crippen LogP contribution >= 0.6 is 0 Å². The zero-order valence-electron chi connectivity index (χ0n) is 24.5. The highest BCUT2D eigenvalue weighted by molar-refractivity contribution is 7.90. The number of imidazole rings is 1. The molecule has 1 aliphatic rings. The van der Waals surface area contributed by atoms with Gasteiger partial charge in [-0.3, -0.25) is 0 Å². The van der Waals surface area contributed by atoms with Gasteiger partial charge in [-0.2, -0.15) is 0 Å². The van der Waals surface area contributed by atoms with Gasteiger partial charge >= 0.3 is 12.1 Å². The third-order valence-electron chi connectivity index (χ3n) is 7.09. The maximum atomic E-state index is 13.6. The van der Waals surface area contributed by atoms with E-state index in [2.05, 4.69) is 11.6 Å². The van der Waals surface area contributed by atoms with E-state index in [4.69, 9.17) is 9.47 Å².